The average molecular weight is 208 g/mol. The van der Waals surface area contributed by atoms with Crippen LogP contribution < -0.4 is 0 Å². The van der Waals surface area contributed by atoms with Crippen molar-refractivity contribution in [2.75, 3.05) is 0 Å². The van der Waals surface area contributed by atoms with Crippen LogP contribution >= 0.6 is 0 Å². The van der Waals surface area contributed by atoms with Gasteiger partial charge in [0.05, 0.1) is 0 Å². The molecular formula is C15H28. The molecule has 0 rings (SSSR count). The van der Waals surface area contributed by atoms with Crippen molar-refractivity contribution < 1.29 is 0 Å². The van der Waals surface area contributed by atoms with Gasteiger partial charge in [-0.25, -0.2) is 0 Å². The molecule has 0 unspecified atom stereocenters. The molecule has 0 aliphatic rings. The summed E-state index contributed by atoms with van der Waals surface area (Å²) in [7, 11) is 0. The molecule has 0 N–H and O–H groups in total. The smallest absolute Gasteiger partial charge is 0.0164 e. The van der Waals surface area contributed by atoms with Crippen molar-refractivity contribution in [2.45, 2.75) is 72.6 Å². The number of allylic oxidation sites excluding steroid dienone is 4. The zero-order valence-corrected chi connectivity index (χ0v) is 11.1. The lowest BCUT2D eigenvalue weighted by Crippen LogP contribution is -1.80. The third-order valence-corrected chi connectivity index (χ3v) is 2.91. The summed E-state index contributed by atoms with van der Waals surface area (Å²) in [4.78, 5) is 0. The van der Waals surface area contributed by atoms with E-state index in [9.17, 15) is 0 Å². The van der Waals surface area contributed by atoms with Crippen LogP contribution in [-0.4, -0.2) is 0 Å². The van der Waals surface area contributed by atoms with Gasteiger partial charge in [0.25, 0.3) is 0 Å². The highest BCUT2D eigenvalue weighted by Gasteiger charge is 1.90. The molecule has 0 fully saturated rings. The van der Waals surface area contributed by atoms with Gasteiger partial charge in [0.1, 0.15) is 0 Å². The molecule has 0 aliphatic carbocycles. The monoisotopic (exact) mass is 208 g/mol. The van der Waals surface area contributed by atoms with Crippen molar-refractivity contribution in [3.05, 3.63) is 23.3 Å². The van der Waals surface area contributed by atoms with Crippen LogP contribution in [0.3, 0.4) is 0 Å². The fourth-order valence-electron chi connectivity index (χ4n) is 1.54. The molecule has 0 heterocycles. The van der Waals surface area contributed by atoms with Crippen LogP contribution in [0.1, 0.15) is 72.6 Å². The highest BCUT2D eigenvalue weighted by atomic mass is 14.0. The van der Waals surface area contributed by atoms with Gasteiger partial charge in [-0.15, -0.1) is 0 Å². The molecule has 0 saturated carbocycles. The number of hydrogen-bond donors (Lipinski definition) is 0. The first-order valence-corrected chi connectivity index (χ1v) is 6.52. The number of rotatable bonds is 8. The maximum atomic E-state index is 2.38. The quantitative estimate of drug-likeness (QED) is 0.357. The van der Waals surface area contributed by atoms with Gasteiger partial charge in [0.2, 0.25) is 0 Å². The zero-order chi connectivity index (χ0) is 11.5. The Morgan fingerprint density at radius 1 is 0.867 bits per heavy atom. The van der Waals surface area contributed by atoms with E-state index in [1.165, 1.54) is 44.1 Å². The molecule has 0 atom stereocenters. The Balaban J connectivity index is 3.60. The third kappa shape index (κ3) is 9.78. The maximum absolute atomic E-state index is 2.38. The van der Waals surface area contributed by atoms with E-state index in [1.807, 2.05) is 0 Å². The van der Waals surface area contributed by atoms with E-state index in [-0.39, 0.29) is 0 Å². The molecule has 15 heavy (non-hydrogen) atoms. The summed E-state index contributed by atoms with van der Waals surface area (Å²) in [5.41, 5.74) is 3.07. The molecular weight excluding hydrogens is 180 g/mol. The molecule has 0 bridgehead atoms. The summed E-state index contributed by atoms with van der Waals surface area (Å²) >= 11 is 0. The number of unbranched alkanes of at least 4 members (excludes halogenated alkanes) is 3. The van der Waals surface area contributed by atoms with Gasteiger partial charge in [0, 0.05) is 0 Å². The van der Waals surface area contributed by atoms with Gasteiger partial charge in [0.15, 0.2) is 0 Å². The van der Waals surface area contributed by atoms with E-state index in [0.29, 0.717) is 0 Å². The van der Waals surface area contributed by atoms with Gasteiger partial charge >= 0.3 is 0 Å². The summed E-state index contributed by atoms with van der Waals surface area (Å²) in [6, 6.07) is 0. The van der Waals surface area contributed by atoms with E-state index in [4.69, 9.17) is 0 Å². The molecule has 0 aliphatic heterocycles. The Bertz CT molecular complexity index is 196. The van der Waals surface area contributed by atoms with E-state index < -0.39 is 0 Å². The van der Waals surface area contributed by atoms with Crippen LogP contribution in [-0.2, 0) is 0 Å². The first-order valence-electron chi connectivity index (χ1n) is 6.52. The molecule has 0 amide bonds. The van der Waals surface area contributed by atoms with E-state index in [0.717, 1.165) is 6.42 Å². The molecule has 0 aromatic heterocycles. The van der Waals surface area contributed by atoms with Crippen molar-refractivity contribution in [3.8, 4) is 0 Å². The normalized spacial score (nSPS) is 13.3. The second-order valence-corrected chi connectivity index (χ2v) is 4.50. The summed E-state index contributed by atoms with van der Waals surface area (Å²) in [6.07, 6.45) is 13.8. The lowest BCUT2D eigenvalue weighted by atomic mass is 10.1. The van der Waals surface area contributed by atoms with Crippen LogP contribution in [0.2, 0.25) is 0 Å². The molecule has 0 aromatic rings. The second-order valence-electron chi connectivity index (χ2n) is 4.50. The molecule has 0 aromatic carbocycles. The summed E-state index contributed by atoms with van der Waals surface area (Å²) in [5, 5.41) is 0. The highest BCUT2D eigenvalue weighted by Crippen LogP contribution is 2.11. The van der Waals surface area contributed by atoms with Crippen LogP contribution in [0.5, 0.6) is 0 Å². The predicted octanol–water partition coefficient (Wildman–Crippen LogP) is 5.65. The van der Waals surface area contributed by atoms with E-state index in [1.54, 1.807) is 5.57 Å². The Kier molecular flexibility index (Phi) is 9.67. The third-order valence-electron chi connectivity index (χ3n) is 2.91. The van der Waals surface area contributed by atoms with E-state index >= 15 is 0 Å². The topological polar surface area (TPSA) is 0 Å². The minimum absolute atomic E-state index is 1.12. The first kappa shape index (κ1) is 14.5. The predicted molar refractivity (Wildman–Crippen MR) is 71.2 cm³/mol. The molecule has 0 saturated heterocycles. The Labute approximate surface area is 96.5 Å². The average Bonchev–Trinajstić information content (AvgIpc) is 2.24. The number of hydrogen-bond acceptors (Lipinski definition) is 0. The Hall–Kier alpha value is -0.520. The Morgan fingerprint density at radius 2 is 1.53 bits per heavy atom. The van der Waals surface area contributed by atoms with E-state index in [2.05, 4.69) is 39.8 Å². The molecule has 0 radical (unpaired) electrons. The van der Waals surface area contributed by atoms with Gasteiger partial charge in [-0.05, 0) is 39.5 Å². The van der Waals surface area contributed by atoms with Crippen molar-refractivity contribution in [1.29, 1.82) is 0 Å². The largest absolute Gasteiger partial charge is 0.0818 e. The summed E-state index contributed by atoms with van der Waals surface area (Å²) < 4.78 is 0. The van der Waals surface area contributed by atoms with Crippen LogP contribution in [0.4, 0.5) is 0 Å². The van der Waals surface area contributed by atoms with Crippen molar-refractivity contribution in [3.63, 3.8) is 0 Å². The van der Waals surface area contributed by atoms with Gasteiger partial charge in [-0.3, -0.25) is 0 Å². The second kappa shape index (κ2) is 10.0. The standard InChI is InChI=1S/C15H28/c1-5-7-8-9-11-15(4)13-10-12-14(3)6-2/h12-13H,5-11H2,1-4H3/b14-12-,15-13-. The molecule has 88 valence electrons. The van der Waals surface area contributed by atoms with Crippen LogP contribution in [0.25, 0.3) is 0 Å². The van der Waals surface area contributed by atoms with Crippen molar-refractivity contribution >= 4 is 0 Å². The molecule has 0 heteroatoms. The lowest BCUT2D eigenvalue weighted by Gasteiger charge is -2.00. The van der Waals surface area contributed by atoms with Gasteiger partial charge < -0.3 is 0 Å². The van der Waals surface area contributed by atoms with Crippen LogP contribution in [0, 0.1) is 0 Å². The Morgan fingerprint density at radius 3 is 2.13 bits per heavy atom. The van der Waals surface area contributed by atoms with Gasteiger partial charge in [-0.1, -0.05) is 56.4 Å². The molecule has 0 nitrogen and oxygen atoms in total. The van der Waals surface area contributed by atoms with Crippen molar-refractivity contribution in [1.82, 2.24) is 0 Å². The zero-order valence-electron chi connectivity index (χ0n) is 11.1. The van der Waals surface area contributed by atoms with Gasteiger partial charge in [-0.2, -0.15) is 0 Å². The first-order chi connectivity index (χ1) is 7.20. The van der Waals surface area contributed by atoms with Crippen LogP contribution in [0.15, 0.2) is 23.3 Å². The fraction of sp³-hybridized carbons (Fsp3) is 0.733. The summed E-state index contributed by atoms with van der Waals surface area (Å²) in [5.74, 6) is 0. The minimum atomic E-state index is 1.12. The summed E-state index contributed by atoms with van der Waals surface area (Å²) in [6.45, 7) is 8.96. The lowest BCUT2D eigenvalue weighted by molar-refractivity contribution is 0.663. The minimum Gasteiger partial charge on any atom is -0.0818 e. The highest BCUT2D eigenvalue weighted by molar-refractivity contribution is 5.05. The fourth-order valence-corrected chi connectivity index (χ4v) is 1.54. The SMILES string of the molecule is CCCCCC/C(C)=C\C/C=C(/C)CC. The van der Waals surface area contributed by atoms with Crippen molar-refractivity contribution in [2.24, 2.45) is 0 Å². The maximum Gasteiger partial charge on any atom is -0.0164 e. The molecule has 0 spiro atoms.